The van der Waals surface area contributed by atoms with Crippen molar-refractivity contribution in [3.8, 4) is 16.9 Å². The SMILES string of the molecule is Cc1ccc(-c2c(C)sc3ncnc(SC(C)C(=O)Nc4cc(Cl)ccc4O)c23)cc1C. The fourth-order valence-corrected chi connectivity index (χ4v) is 5.59. The van der Waals surface area contributed by atoms with Crippen molar-refractivity contribution in [1.82, 2.24) is 9.97 Å². The molecule has 0 fully saturated rings. The van der Waals surface area contributed by atoms with Crippen LogP contribution in [0.15, 0.2) is 47.8 Å². The van der Waals surface area contributed by atoms with Crippen molar-refractivity contribution in [3.63, 3.8) is 0 Å². The minimum Gasteiger partial charge on any atom is -0.506 e. The summed E-state index contributed by atoms with van der Waals surface area (Å²) >= 11 is 8.99. The predicted molar refractivity (Wildman–Crippen MR) is 134 cm³/mol. The van der Waals surface area contributed by atoms with Crippen molar-refractivity contribution in [2.75, 3.05) is 5.32 Å². The molecule has 2 aromatic carbocycles. The van der Waals surface area contributed by atoms with Crippen LogP contribution in [-0.2, 0) is 4.79 Å². The van der Waals surface area contributed by atoms with Gasteiger partial charge in [0, 0.05) is 15.5 Å². The molecule has 164 valence electrons. The molecule has 0 aliphatic carbocycles. The molecule has 1 amide bonds. The third-order valence-electron chi connectivity index (χ3n) is 5.30. The summed E-state index contributed by atoms with van der Waals surface area (Å²) in [5, 5.41) is 14.4. The largest absolute Gasteiger partial charge is 0.506 e. The van der Waals surface area contributed by atoms with Crippen molar-refractivity contribution < 1.29 is 9.90 Å². The molecule has 1 atom stereocenters. The molecular formula is C24H22ClN3O2S2. The molecule has 2 heterocycles. The zero-order valence-corrected chi connectivity index (χ0v) is 20.5. The van der Waals surface area contributed by atoms with Crippen molar-refractivity contribution >= 4 is 56.5 Å². The first kappa shape index (κ1) is 22.6. The van der Waals surface area contributed by atoms with Crippen molar-refractivity contribution in [2.45, 2.75) is 38.0 Å². The summed E-state index contributed by atoms with van der Waals surface area (Å²) in [4.78, 5) is 23.9. The van der Waals surface area contributed by atoms with Gasteiger partial charge in [-0.3, -0.25) is 4.79 Å². The predicted octanol–water partition coefficient (Wildman–Crippen LogP) is 6.76. The monoisotopic (exact) mass is 483 g/mol. The van der Waals surface area contributed by atoms with Gasteiger partial charge in [-0.1, -0.05) is 41.6 Å². The lowest BCUT2D eigenvalue weighted by Crippen LogP contribution is -2.22. The van der Waals surface area contributed by atoms with Crippen LogP contribution in [0.2, 0.25) is 5.02 Å². The molecule has 0 radical (unpaired) electrons. The number of phenolic OH excluding ortho intramolecular Hbond substituents is 1. The molecule has 2 N–H and O–H groups in total. The fraction of sp³-hybridized carbons (Fsp3) is 0.208. The highest BCUT2D eigenvalue weighted by Gasteiger charge is 2.22. The van der Waals surface area contributed by atoms with Crippen LogP contribution in [0.4, 0.5) is 5.69 Å². The number of nitrogens with one attached hydrogen (secondary N) is 1. The van der Waals surface area contributed by atoms with Gasteiger partial charge in [0.15, 0.2) is 0 Å². The quantitative estimate of drug-likeness (QED) is 0.186. The highest BCUT2D eigenvalue weighted by molar-refractivity contribution is 8.00. The number of amides is 1. The second-order valence-electron chi connectivity index (χ2n) is 7.60. The van der Waals surface area contributed by atoms with Gasteiger partial charge in [-0.25, -0.2) is 9.97 Å². The highest BCUT2D eigenvalue weighted by Crippen LogP contribution is 2.42. The maximum Gasteiger partial charge on any atom is 0.237 e. The van der Waals surface area contributed by atoms with E-state index in [1.165, 1.54) is 41.3 Å². The molecule has 32 heavy (non-hydrogen) atoms. The van der Waals surface area contributed by atoms with Crippen LogP contribution in [0.25, 0.3) is 21.3 Å². The zero-order chi connectivity index (χ0) is 23.0. The Morgan fingerprint density at radius 1 is 1.12 bits per heavy atom. The number of aromatic hydroxyl groups is 1. The summed E-state index contributed by atoms with van der Waals surface area (Å²) in [6.07, 6.45) is 1.54. The third-order valence-corrected chi connectivity index (χ3v) is 7.65. The molecule has 0 saturated heterocycles. The van der Waals surface area contributed by atoms with E-state index in [0.29, 0.717) is 5.02 Å². The van der Waals surface area contributed by atoms with Gasteiger partial charge in [-0.05, 0) is 62.6 Å². The Morgan fingerprint density at radius 3 is 2.66 bits per heavy atom. The van der Waals surface area contributed by atoms with Gasteiger partial charge in [0.1, 0.15) is 21.9 Å². The topological polar surface area (TPSA) is 75.1 Å². The van der Waals surface area contributed by atoms with Crippen molar-refractivity contribution in [2.24, 2.45) is 0 Å². The van der Waals surface area contributed by atoms with Gasteiger partial charge in [-0.2, -0.15) is 0 Å². The maximum atomic E-state index is 12.8. The van der Waals surface area contributed by atoms with Gasteiger partial charge >= 0.3 is 0 Å². The summed E-state index contributed by atoms with van der Waals surface area (Å²) in [5.74, 6) is -0.283. The van der Waals surface area contributed by atoms with Crippen molar-refractivity contribution in [3.05, 3.63) is 63.8 Å². The number of thioether (sulfide) groups is 1. The van der Waals surface area contributed by atoms with Gasteiger partial charge in [0.05, 0.1) is 16.3 Å². The first-order valence-corrected chi connectivity index (χ1v) is 12.1. The molecule has 0 bridgehead atoms. The van der Waals surface area contributed by atoms with E-state index in [-0.39, 0.29) is 17.3 Å². The third kappa shape index (κ3) is 4.46. The number of halogens is 1. The van der Waals surface area contributed by atoms with Gasteiger partial charge in [-0.15, -0.1) is 11.3 Å². The Hall–Kier alpha value is -2.61. The number of hydrogen-bond acceptors (Lipinski definition) is 6. The number of carbonyl (C=O) groups excluding carboxylic acids is 1. The Morgan fingerprint density at radius 2 is 1.91 bits per heavy atom. The minimum atomic E-state index is -0.459. The lowest BCUT2D eigenvalue weighted by molar-refractivity contribution is -0.115. The van der Waals surface area contributed by atoms with Gasteiger partial charge < -0.3 is 10.4 Å². The number of hydrogen-bond donors (Lipinski definition) is 2. The number of carbonyl (C=O) groups is 1. The van der Waals surface area contributed by atoms with E-state index < -0.39 is 5.25 Å². The van der Waals surface area contributed by atoms with E-state index in [1.807, 2.05) is 6.92 Å². The highest BCUT2D eigenvalue weighted by atomic mass is 35.5. The number of aryl methyl sites for hydroxylation is 3. The normalized spacial score (nSPS) is 12.2. The summed E-state index contributed by atoms with van der Waals surface area (Å²) in [7, 11) is 0. The molecule has 8 heteroatoms. The molecule has 4 aromatic rings. The van der Waals surface area contributed by atoms with E-state index in [2.05, 4.69) is 54.3 Å². The zero-order valence-electron chi connectivity index (χ0n) is 18.1. The summed E-state index contributed by atoms with van der Waals surface area (Å²) < 4.78 is 0. The van der Waals surface area contributed by atoms with Gasteiger partial charge in [0.25, 0.3) is 0 Å². The molecular weight excluding hydrogens is 462 g/mol. The number of benzene rings is 2. The summed E-state index contributed by atoms with van der Waals surface area (Å²) in [5.41, 5.74) is 4.98. The molecule has 0 aliphatic heterocycles. The van der Waals surface area contributed by atoms with Gasteiger partial charge in [0.2, 0.25) is 5.91 Å². The van der Waals surface area contributed by atoms with Crippen LogP contribution in [0.3, 0.4) is 0 Å². The second-order valence-corrected chi connectivity index (χ2v) is 10.6. The smallest absolute Gasteiger partial charge is 0.237 e. The number of anilines is 1. The molecule has 5 nitrogen and oxygen atoms in total. The minimum absolute atomic E-state index is 0.0325. The lowest BCUT2D eigenvalue weighted by atomic mass is 9.99. The number of nitrogens with zero attached hydrogens (tertiary/aromatic N) is 2. The molecule has 0 spiro atoms. The summed E-state index contributed by atoms with van der Waals surface area (Å²) in [6.45, 7) is 8.10. The number of aromatic nitrogens is 2. The molecule has 2 aromatic heterocycles. The Labute approximate surface area is 199 Å². The Balaban J connectivity index is 1.68. The Kier molecular flexibility index (Phi) is 6.42. The first-order valence-electron chi connectivity index (χ1n) is 10.0. The van der Waals surface area contributed by atoms with E-state index in [1.54, 1.807) is 17.4 Å². The maximum absolute atomic E-state index is 12.8. The van der Waals surface area contributed by atoms with E-state index in [0.717, 1.165) is 31.2 Å². The van der Waals surface area contributed by atoms with Crippen LogP contribution in [0.1, 0.15) is 22.9 Å². The Bertz CT molecular complexity index is 1340. The molecule has 1 unspecified atom stereocenters. The van der Waals surface area contributed by atoms with Crippen LogP contribution in [0.5, 0.6) is 5.75 Å². The fourth-order valence-electron chi connectivity index (χ4n) is 3.42. The van der Waals surface area contributed by atoms with Crippen molar-refractivity contribution in [1.29, 1.82) is 0 Å². The molecule has 4 rings (SSSR count). The lowest BCUT2D eigenvalue weighted by Gasteiger charge is -2.14. The standard InChI is InChI=1S/C24H22ClN3O2S2/c1-12-5-6-16(9-13(12)2)20-14(3)31-23-21(20)24(27-11-26-23)32-15(4)22(30)28-18-10-17(25)7-8-19(18)29/h5-11,15,29H,1-4H3,(H,28,30). The molecule has 0 aliphatic rings. The number of phenols is 1. The van der Waals surface area contributed by atoms with Crippen LogP contribution in [-0.4, -0.2) is 26.2 Å². The molecule has 0 saturated carbocycles. The second kappa shape index (κ2) is 9.10. The van der Waals surface area contributed by atoms with E-state index >= 15 is 0 Å². The number of fused-ring (bicyclic) bond motifs is 1. The summed E-state index contributed by atoms with van der Waals surface area (Å²) in [6, 6.07) is 11.0. The van der Waals surface area contributed by atoms with E-state index in [9.17, 15) is 9.90 Å². The number of rotatable bonds is 5. The van der Waals surface area contributed by atoms with E-state index in [4.69, 9.17) is 11.6 Å². The van der Waals surface area contributed by atoms with Crippen LogP contribution < -0.4 is 5.32 Å². The van der Waals surface area contributed by atoms with Crippen LogP contribution >= 0.6 is 34.7 Å². The first-order chi connectivity index (χ1) is 15.2. The average Bonchev–Trinajstić information content (AvgIpc) is 3.09. The van der Waals surface area contributed by atoms with Crippen LogP contribution in [0, 0.1) is 20.8 Å². The number of thiophene rings is 1. The average molecular weight is 484 g/mol.